The largest absolute Gasteiger partial charge is 0.376 e. The van der Waals surface area contributed by atoms with Crippen molar-refractivity contribution in [1.82, 2.24) is 10.3 Å². The molecule has 0 saturated carbocycles. The molecule has 6 heteroatoms. The van der Waals surface area contributed by atoms with Crippen molar-refractivity contribution in [3.05, 3.63) is 48.3 Å². The molecule has 6 nitrogen and oxygen atoms in total. The standard InChI is InChI=1S/C22H28N4O2/c27-22(24-16-20-5-4-14-28-20)21-11-8-18(15-23-21)25-17-6-9-19(10-7-17)26-12-2-1-3-13-26/h6-11,15,20,25H,1-5,12-14,16H2,(H,24,27). The molecule has 28 heavy (non-hydrogen) atoms. The van der Waals surface area contributed by atoms with Gasteiger partial charge in [-0.1, -0.05) is 0 Å². The highest BCUT2D eigenvalue weighted by molar-refractivity contribution is 5.92. The summed E-state index contributed by atoms with van der Waals surface area (Å²) in [6.45, 7) is 3.63. The van der Waals surface area contributed by atoms with Crippen LogP contribution in [0, 0.1) is 0 Å². The predicted molar refractivity (Wildman–Crippen MR) is 111 cm³/mol. The fourth-order valence-electron chi connectivity index (χ4n) is 3.78. The van der Waals surface area contributed by atoms with Gasteiger partial charge in [-0.25, -0.2) is 4.98 Å². The molecule has 148 valence electrons. The van der Waals surface area contributed by atoms with E-state index in [4.69, 9.17) is 4.74 Å². The monoisotopic (exact) mass is 380 g/mol. The molecule has 1 aromatic heterocycles. The molecule has 0 spiro atoms. The number of benzene rings is 1. The van der Waals surface area contributed by atoms with Crippen molar-refractivity contribution >= 4 is 23.0 Å². The molecule has 3 heterocycles. The van der Waals surface area contributed by atoms with Gasteiger partial charge in [0.1, 0.15) is 5.69 Å². The summed E-state index contributed by atoms with van der Waals surface area (Å²) < 4.78 is 5.52. The van der Waals surface area contributed by atoms with Gasteiger partial charge in [0.2, 0.25) is 0 Å². The number of rotatable bonds is 6. The maximum Gasteiger partial charge on any atom is 0.269 e. The lowest BCUT2D eigenvalue weighted by Crippen LogP contribution is -2.32. The van der Waals surface area contributed by atoms with E-state index in [0.29, 0.717) is 12.2 Å². The van der Waals surface area contributed by atoms with Gasteiger partial charge in [0, 0.05) is 37.6 Å². The first-order chi connectivity index (χ1) is 13.8. The zero-order chi connectivity index (χ0) is 19.2. The lowest BCUT2D eigenvalue weighted by Gasteiger charge is -2.28. The number of hydrogen-bond acceptors (Lipinski definition) is 5. The van der Waals surface area contributed by atoms with Crippen LogP contribution in [0.2, 0.25) is 0 Å². The van der Waals surface area contributed by atoms with E-state index in [1.807, 2.05) is 6.07 Å². The summed E-state index contributed by atoms with van der Waals surface area (Å²) >= 11 is 0. The van der Waals surface area contributed by atoms with Crippen molar-refractivity contribution < 1.29 is 9.53 Å². The Labute approximate surface area is 166 Å². The highest BCUT2D eigenvalue weighted by atomic mass is 16.5. The average molecular weight is 380 g/mol. The van der Waals surface area contributed by atoms with Gasteiger partial charge in [-0.05, 0) is 68.5 Å². The number of nitrogens with zero attached hydrogens (tertiary/aromatic N) is 2. The van der Waals surface area contributed by atoms with Crippen molar-refractivity contribution in [3.63, 3.8) is 0 Å². The lowest BCUT2D eigenvalue weighted by molar-refractivity contribution is 0.0854. The maximum atomic E-state index is 12.2. The second-order valence-corrected chi connectivity index (χ2v) is 7.50. The molecule has 4 rings (SSSR count). The molecule has 1 aromatic carbocycles. The van der Waals surface area contributed by atoms with Gasteiger partial charge < -0.3 is 20.3 Å². The smallest absolute Gasteiger partial charge is 0.269 e. The van der Waals surface area contributed by atoms with E-state index in [2.05, 4.69) is 44.8 Å². The summed E-state index contributed by atoms with van der Waals surface area (Å²) in [5.41, 5.74) is 3.57. The van der Waals surface area contributed by atoms with Crippen molar-refractivity contribution in [2.24, 2.45) is 0 Å². The molecule has 2 saturated heterocycles. The zero-order valence-electron chi connectivity index (χ0n) is 16.2. The molecule has 2 aliphatic rings. The van der Waals surface area contributed by atoms with E-state index < -0.39 is 0 Å². The Morgan fingerprint density at radius 2 is 1.82 bits per heavy atom. The number of carbonyl (C=O) groups excluding carboxylic acids is 1. The van der Waals surface area contributed by atoms with Gasteiger partial charge in [-0.2, -0.15) is 0 Å². The minimum absolute atomic E-state index is 0.137. The summed E-state index contributed by atoms with van der Waals surface area (Å²) in [6.07, 6.45) is 7.80. The molecule has 1 atom stereocenters. The Morgan fingerprint density at radius 1 is 1.04 bits per heavy atom. The van der Waals surface area contributed by atoms with Crippen LogP contribution in [-0.2, 0) is 4.74 Å². The summed E-state index contributed by atoms with van der Waals surface area (Å²) in [5.74, 6) is -0.159. The third kappa shape index (κ3) is 4.81. The second-order valence-electron chi connectivity index (χ2n) is 7.50. The first-order valence-corrected chi connectivity index (χ1v) is 10.3. The van der Waals surface area contributed by atoms with Gasteiger partial charge in [-0.15, -0.1) is 0 Å². The van der Waals surface area contributed by atoms with Crippen LogP contribution in [0.15, 0.2) is 42.6 Å². The van der Waals surface area contributed by atoms with Crippen molar-refractivity contribution in [1.29, 1.82) is 0 Å². The number of anilines is 3. The van der Waals surface area contributed by atoms with E-state index >= 15 is 0 Å². The molecular formula is C22H28N4O2. The van der Waals surface area contributed by atoms with Crippen LogP contribution in [-0.4, -0.2) is 43.2 Å². The Hall–Kier alpha value is -2.60. The number of aromatic nitrogens is 1. The molecule has 2 aliphatic heterocycles. The van der Waals surface area contributed by atoms with Gasteiger partial charge in [0.25, 0.3) is 5.91 Å². The molecule has 1 amide bonds. The van der Waals surface area contributed by atoms with Gasteiger partial charge in [0.05, 0.1) is 18.0 Å². The van der Waals surface area contributed by atoms with E-state index in [1.165, 1.54) is 24.9 Å². The van der Waals surface area contributed by atoms with Crippen LogP contribution in [0.5, 0.6) is 0 Å². The fraction of sp³-hybridized carbons (Fsp3) is 0.455. The normalized spacial score (nSPS) is 19.4. The number of pyridine rings is 1. The molecular weight excluding hydrogens is 352 g/mol. The number of amides is 1. The molecule has 1 unspecified atom stereocenters. The van der Waals surface area contributed by atoms with E-state index in [1.54, 1.807) is 12.3 Å². The van der Waals surface area contributed by atoms with Crippen LogP contribution in [0.1, 0.15) is 42.6 Å². The lowest BCUT2D eigenvalue weighted by atomic mass is 10.1. The number of piperidine rings is 1. The minimum Gasteiger partial charge on any atom is -0.376 e. The number of carbonyl (C=O) groups is 1. The summed E-state index contributed by atoms with van der Waals surface area (Å²) in [6, 6.07) is 12.1. The van der Waals surface area contributed by atoms with Crippen LogP contribution in [0.3, 0.4) is 0 Å². The third-order valence-electron chi connectivity index (χ3n) is 5.39. The number of nitrogens with one attached hydrogen (secondary N) is 2. The SMILES string of the molecule is O=C(NCC1CCCO1)c1ccc(Nc2ccc(N3CCCCC3)cc2)cn1. The first kappa shape index (κ1) is 18.7. The second kappa shape index (κ2) is 9.06. The van der Waals surface area contributed by atoms with Crippen LogP contribution < -0.4 is 15.5 Å². The topological polar surface area (TPSA) is 66.5 Å². The van der Waals surface area contributed by atoms with E-state index in [9.17, 15) is 4.79 Å². The summed E-state index contributed by atoms with van der Waals surface area (Å²) in [4.78, 5) is 18.9. The zero-order valence-corrected chi connectivity index (χ0v) is 16.2. The minimum atomic E-state index is -0.159. The molecule has 2 N–H and O–H groups in total. The Bertz CT molecular complexity index is 764. The molecule has 0 aliphatic carbocycles. The Kier molecular flexibility index (Phi) is 6.07. The van der Waals surface area contributed by atoms with Crippen LogP contribution >= 0.6 is 0 Å². The molecule has 0 bridgehead atoms. The summed E-state index contributed by atoms with van der Waals surface area (Å²) in [5, 5.41) is 6.24. The van der Waals surface area contributed by atoms with E-state index in [-0.39, 0.29) is 12.0 Å². The quantitative estimate of drug-likeness (QED) is 0.799. The molecule has 2 fully saturated rings. The Balaban J connectivity index is 1.30. The highest BCUT2D eigenvalue weighted by Crippen LogP contribution is 2.23. The van der Waals surface area contributed by atoms with Crippen molar-refractivity contribution in [2.75, 3.05) is 36.5 Å². The van der Waals surface area contributed by atoms with Gasteiger partial charge >= 0.3 is 0 Å². The Morgan fingerprint density at radius 3 is 2.50 bits per heavy atom. The van der Waals surface area contributed by atoms with Crippen LogP contribution in [0.4, 0.5) is 17.1 Å². The third-order valence-corrected chi connectivity index (χ3v) is 5.39. The van der Waals surface area contributed by atoms with Crippen LogP contribution in [0.25, 0.3) is 0 Å². The number of ether oxygens (including phenoxy) is 1. The number of hydrogen-bond donors (Lipinski definition) is 2. The van der Waals surface area contributed by atoms with Crippen molar-refractivity contribution in [2.45, 2.75) is 38.2 Å². The predicted octanol–water partition coefficient (Wildman–Crippen LogP) is 3.72. The van der Waals surface area contributed by atoms with Gasteiger partial charge in [-0.3, -0.25) is 4.79 Å². The molecule has 2 aromatic rings. The van der Waals surface area contributed by atoms with E-state index in [0.717, 1.165) is 43.9 Å². The molecule has 0 radical (unpaired) electrons. The maximum absolute atomic E-state index is 12.2. The average Bonchev–Trinajstić information content (AvgIpc) is 3.27. The first-order valence-electron chi connectivity index (χ1n) is 10.3. The van der Waals surface area contributed by atoms with Crippen molar-refractivity contribution in [3.8, 4) is 0 Å². The fourth-order valence-corrected chi connectivity index (χ4v) is 3.78. The highest BCUT2D eigenvalue weighted by Gasteiger charge is 2.17. The summed E-state index contributed by atoms with van der Waals surface area (Å²) in [7, 11) is 0. The van der Waals surface area contributed by atoms with Gasteiger partial charge in [0.15, 0.2) is 0 Å².